The topological polar surface area (TPSA) is 86.7 Å². The zero-order chi connectivity index (χ0) is 18.3. The van der Waals surface area contributed by atoms with Gasteiger partial charge in [0, 0.05) is 6.07 Å². The van der Waals surface area contributed by atoms with Crippen LogP contribution in [0.1, 0.15) is 44.6 Å². The van der Waals surface area contributed by atoms with Gasteiger partial charge in [-0.1, -0.05) is 44.7 Å². The molecule has 26 heavy (non-hydrogen) atoms. The molecule has 0 saturated carbocycles. The molecule has 0 aliphatic rings. The Morgan fingerprint density at radius 1 is 1.00 bits per heavy atom. The maximum absolute atomic E-state index is 11.6. The molecular weight excluding hydrogens is 363 g/mol. The van der Waals surface area contributed by atoms with Gasteiger partial charge in [-0.15, -0.1) is 5.75 Å². The van der Waals surface area contributed by atoms with Crippen molar-refractivity contribution in [1.29, 1.82) is 0 Å². The Morgan fingerprint density at radius 3 is 2.42 bits per heavy atom. The molecule has 1 N–H and O–H groups in total. The fourth-order valence-electron chi connectivity index (χ4n) is 2.59. The molecule has 2 aromatic rings. The second-order valence-corrected chi connectivity index (χ2v) is 7.45. The molecule has 0 aliphatic heterocycles. The van der Waals surface area contributed by atoms with E-state index in [2.05, 4.69) is 6.92 Å². The van der Waals surface area contributed by atoms with Crippen molar-refractivity contribution in [2.24, 2.45) is 0 Å². The summed E-state index contributed by atoms with van der Waals surface area (Å²) in [5.41, 5.74) is 1.13. The Hall–Kier alpha value is -1.05. The Morgan fingerprint density at radius 2 is 1.73 bits per heavy atom. The molecule has 0 heterocycles. The van der Waals surface area contributed by atoms with E-state index in [4.69, 9.17) is 9.29 Å². The monoisotopic (exact) mass is 386 g/mol. The van der Waals surface area contributed by atoms with E-state index in [1.54, 1.807) is 6.07 Å². The van der Waals surface area contributed by atoms with Crippen LogP contribution in [0.25, 0.3) is 0 Å². The standard InChI is InChI=1S/C19H24O5S.Na/c1-2-3-4-5-6-8-15-9-7-10-17(11-15)24-18-12-16(20)13-19(14-18)25(21,22)23;/h7,9-14,20H,2-6,8H2,1H3,(H,21,22,23);/q;+1/p-1. The van der Waals surface area contributed by atoms with E-state index < -0.39 is 20.8 Å². The molecule has 0 saturated heterocycles. The number of ether oxygens (including phenoxy) is 1. The SMILES string of the molecule is CCCCCCCc1cccc(Oc2cc([O-])cc(S(=O)(=O)O)c2)c1.[Na+]. The first-order chi connectivity index (χ1) is 11.9. The van der Waals surface area contributed by atoms with Crippen LogP contribution >= 0.6 is 0 Å². The Bertz CT molecular complexity index is 805. The quantitative estimate of drug-likeness (QED) is 0.399. The zero-order valence-corrected chi connectivity index (χ0v) is 18.1. The molecule has 2 rings (SSSR count). The minimum atomic E-state index is -4.45. The molecule has 5 nitrogen and oxygen atoms in total. The van der Waals surface area contributed by atoms with E-state index in [1.165, 1.54) is 31.7 Å². The van der Waals surface area contributed by atoms with Gasteiger partial charge in [0.15, 0.2) is 0 Å². The number of hydrogen-bond donors (Lipinski definition) is 1. The summed E-state index contributed by atoms with van der Waals surface area (Å²) in [6.45, 7) is 2.19. The Balaban J connectivity index is 0.00000338. The maximum atomic E-state index is 11.6. The number of rotatable bonds is 9. The normalized spacial score (nSPS) is 11.0. The first-order valence-corrected chi connectivity index (χ1v) is 9.89. The summed E-state index contributed by atoms with van der Waals surface area (Å²) < 4.78 is 37.1. The molecule has 0 atom stereocenters. The summed E-state index contributed by atoms with van der Waals surface area (Å²) in [4.78, 5) is -0.470. The summed E-state index contributed by atoms with van der Waals surface area (Å²) in [6.07, 6.45) is 6.94. The fourth-order valence-corrected chi connectivity index (χ4v) is 3.12. The van der Waals surface area contributed by atoms with E-state index in [1.807, 2.05) is 18.2 Å². The van der Waals surface area contributed by atoms with Crippen molar-refractivity contribution >= 4 is 10.1 Å². The molecule has 2 aromatic carbocycles. The van der Waals surface area contributed by atoms with E-state index in [0.29, 0.717) is 5.75 Å². The minimum Gasteiger partial charge on any atom is -0.872 e. The van der Waals surface area contributed by atoms with Crippen molar-refractivity contribution < 1.29 is 52.4 Å². The van der Waals surface area contributed by atoms with Crippen molar-refractivity contribution in [3.63, 3.8) is 0 Å². The fraction of sp³-hybridized carbons (Fsp3) is 0.368. The van der Waals surface area contributed by atoms with Crippen LogP contribution in [-0.2, 0) is 16.5 Å². The number of aryl methyl sites for hydroxylation is 1. The minimum absolute atomic E-state index is 0. The first kappa shape index (κ1) is 23.0. The van der Waals surface area contributed by atoms with Gasteiger partial charge in [-0.3, -0.25) is 4.55 Å². The van der Waals surface area contributed by atoms with Crippen molar-refractivity contribution in [3.05, 3.63) is 48.0 Å². The van der Waals surface area contributed by atoms with Gasteiger partial charge in [0.2, 0.25) is 0 Å². The second kappa shape index (κ2) is 10.9. The molecule has 0 radical (unpaired) electrons. The third kappa shape index (κ3) is 7.68. The summed E-state index contributed by atoms with van der Waals surface area (Å²) in [5, 5.41) is 11.6. The average Bonchev–Trinajstić information content (AvgIpc) is 2.54. The molecule has 136 valence electrons. The Kier molecular flexibility index (Phi) is 9.68. The van der Waals surface area contributed by atoms with Crippen molar-refractivity contribution in [2.75, 3.05) is 0 Å². The molecule has 0 amide bonds. The second-order valence-electron chi connectivity index (χ2n) is 6.03. The predicted octanol–water partition coefficient (Wildman–Crippen LogP) is 1.32. The third-order valence-corrected chi connectivity index (χ3v) is 4.69. The molecule has 0 fully saturated rings. The van der Waals surface area contributed by atoms with Crippen LogP contribution < -0.4 is 39.4 Å². The van der Waals surface area contributed by atoms with Gasteiger partial charge >= 0.3 is 29.6 Å². The van der Waals surface area contributed by atoms with Crippen LogP contribution in [0.15, 0.2) is 47.4 Å². The van der Waals surface area contributed by atoms with Crippen LogP contribution in [-0.4, -0.2) is 13.0 Å². The summed E-state index contributed by atoms with van der Waals surface area (Å²) >= 11 is 0. The van der Waals surface area contributed by atoms with E-state index in [9.17, 15) is 13.5 Å². The van der Waals surface area contributed by atoms with Gasteiger partial charge < -0.3 is 9.84 Å². The third-order valence-electron chi connectivity index (χ3n) is 3.85. The summed E-state index contributed by atoms with van der Waals surface area (Å²) in [6, 6.07) is 10.7. The molecular formula is C19H23NaO5S. The van der Waals surface area contributed by atoms with E-state index in [0.717, 1.165) is 30.5 Å². The van der Waals surface area contributed by atoms with Gasteiger partial charge in [-0.05, 0) is 42.7 Å². The van der Waals surface area contributed by atoms with Gasteiger partial charge in [0.25, 0.3) is 10.1 Å². The molecule has 0 aromatic heterocycles. The number of hydrogen-bond acceptors (Lipinski definition) is 4. The molecule has 0 aliphatic carbocycles. The average molecular weight is 386 g/mol. The van der Waals surface area contributed by atoms with Crippen molar-refractivity contribution in [2.45, 2.75) is 50.3 Å². The summed E-state index contributed by atoms with van der Waals surface area (Å²) in [7, 11) is -4.45. The largest absolute Gasteiger partial charge is 1.00 e. The van der Waals surface area contributed by atoms with Gasteiger partial charge in [-0.25, -0.2) is 0 Å². The van der Waals surface area contributed by atoms with Gasteiger partial charge in [0.1, 0.15) is 11.5 Å². The van der Waals surface area contributed by atoms with Crippen LogP contribution in [0.2, 0.25) is 0 Å². The molecule has 7 heteroatoms. The predicted molar refractivity (Wildman–Crippen MR) is 94.7 cm³/mol. The van der Waals surface area contributed by atoms with E-state index in [-0.39, 0.29) is 35.3 Å². The van der Waals surface area contributed by atoms with Crippen LogP contribution in [0.4, 0.5) is 0 Å². The van der Waals surface area contributed by atoms with Gasteiger partial charge in [-0.2, -0.15) is 8.42 Å². The zero-order valence-electron chi connectivity index (χ0n) is 15.3. The van der Waals surface area contributed by atoms with Crippen LogP contribution in [0.5, 0.6) is 17.2 Å². The van der Waals surface area contributed by atoms with Gasteiger partial charge in [0.05, 0.1) is 4.90 Å². The smallest absolute Gasteiger partial charge is 0.872 e. The summed E-state index contributed by atoms with van der Waals surface area (Å²) in [5.74, 6) is 0.0652. The molecule has 0 spiro atoms. The number of unbranched alkanes of at least 4 members (excludes halogenated alkanes) is 4. The first-order valence-electron chi connectivity index (χ1n) is 8.45. The maximum Gasteiger partial charge on any atom is 1.00 e. The van der Waals surface area contributed by atoms with Crippen LogP contribution in [0.3, 0.4) is 0 Å². The molecule has 0 bridgehead atoms. The van der Waals surface area contributed by atoms with E-state index >= 15 is 0 Å². The Labute approximate surface area is 177 Å². The number of benzene rings is 2. The van der Waals surface area contributed by atoms with Crippen molar-refractivity contribution in [1.82, 2.24) is 0 Å². The van der Waals surface area contributed by atoms with Crippen LogP contribution in [0, 0.1) is 0 Å². The van der Waals surface area contributed by atoms with Crippen molar-refractivity contribution in [3.8, 4) is 17.2 Å². The molecule has 0 unspecified atom stereocenters.